The average Bonchev–Trinajstić information content (AvgIpc) is 2.66. The number of anilines is 2. The molecule has 2 aromatic rings. The van der Waals surface area contributed by atoms with Crippen molar-refractivity contribution in [3.63, 3.8) is 0 Å². The average molecular weight is 514 g/mol. The summed E-state index contributed by atoms with van der Waals surface area (Å²) in [4.78, 5) is 11.4. The van der Waals surface area contributed by atoms with Crippen LogP contribution in [0.25, 0.3) is 0 Å². The Kier molecular flexibility index (Phi) is 5.93. The van der Waals surface area contributed by atoms with Crippen molar-refractivity contribution in [2.24, 2.45) is 0 Å². The van der Waals surface area contributed by atoms with Crippen LogP contribution in [0.3, 0.4) is 0 Å². The number of sulfonamides is 1. The van der Waals surface area contributed by atoms with Crippen molar-refractivity contribution in [2.45, 2.75) is 48.5 Å². The molecule has 6 nitrogen and oxygen atoms in total. The van der Waals surface area contributed by atoms with E-state index >= 15 is 0 Å². The van der Waals surface area contributed by atoms with Crippen LogP contribution in [-0.2, 0) is 25.8 Å². The lowest BCUT2D eigenvalue weighted by molar-refractivity contribution is -0.376. The van der Waals surface area contributed by atoms with E-state index in [2.05, 4.69) is 5.32 Å². The molecule has 0 spiro atoms. The van der Waals surface area contributed by atoms with E-state index in [-0.39, 0.29) is 29.4 Å². The van der Waals surface area contributed by atoms with E-state index in [1.165, 1.54) is 12.1 Å². The van der Waals surface area contributed by atoms with Crippen LogP contribution < -0.4 is 10.0 Å². The van der Waals surface area contributed by atoms with Crippen LogP contribution in [0.15, 0.2) is 41.3 Å². The number of halogens is 7. The van der Waals surface area contributed by atoms with E-state index in [1.54, 1.807) is 18.6 Å². The van der Waals surface area contributed by atoms with E-state index in [1.807, 2.05) is 0 Å². The number of aliphatic hydroxyl groups is 1. The number of fused-ring (bicyclic) bond motifs is 1. The van der Waals surface area contributed by atoms with Gasteiger partial charge in [0.05, 0.1) is 10.6 Å². The van der Waals surface area contributed by atoms with Gasteiger partial charge in [0.2, 0.25) is 5.91 Å². The quantitative estimate of drug-likeness (QED) is 0.522. The molecule has 0 aromatic heterocycles. The number of benzene rings is 2. The lowest BCUT2D eigenvalue weighted by Crippen LogP contribution is -2.54. The van der Waals surface area contributed by atoms with Gasteiger partial charge in [-0.15, -0.1) is 0 Å². The van der Waals surface area contributed by atoms with Gasteiger partial charge in [0.1, 0.15) is 5.82 Å². The second-order valence-corrected chi connectivity index (χ2v) is 10.0. The summed E-state index contributed by atoms with van der Waals surface area (Å²) in [7, 11) is -4.55. The predicted octanol–water partition coefficient (Wildman–Crippen LogP) is 4.56. The maximum absolute atomic E-state index is 14.4. The summed E-state index contributed by atoms with van der Waals surface area (Å²) >= 11 is 0. The van der Waals surface area contributed by atoms with Crippen LogP contribution in [0, 0.1) is 5.82 Å². The highest BCUT2D eigenvalue weighted by atomic mass is 32.2. The first kappa shape index (κ1) is 25.7. The van der Waals surface area contributed by atoms with Crippen molar-refractivity contribution in [1.82, 2.24) is 0 Å². The topological polar surface area (TPSA) is 95.5 Å². The van der Waals surface area contributed by atoms with Crippen LogP contribution in [0.5, 0.6) is 0 Å². The third-order valence-electron chi connectivity index (χ3n) is 5.36. The predicted molar refractivity (Wildman–Crippen MR) is 106 cm³/mol. The summed E-state index contributed by atoms with van der Waals surface area (Å²) in [5, 5.41) is 12.0. The van der Waals surface area contributed by atoms with Crippen molar-refractivity contribution in [3.8, 4) is 0 Å². The van der Waals surface area contributed by atoms with E-state index < -0.39 is 50.5 Å². The minimum Gasteiger partial charge on any atom is -0.369 e. The van der Waals surface area contributed by atoms with Gasteiger partial charge in [0, 0.05) is 23.1 Å². The molecule has 0 aliphatic carbocycles. The van der Waals surface area contributed by atoms with E-state index in [4.69, 9.17) is 0 Å². The maximum atomic E-state index is 14.4. The van der Waals surface area contributed by atoms with Gasteiger partial charge in [-0.25, -0.2) is 12.8 Å². The molecular weight excluding hydrogens is 497 g/mol. The first-order valence-corrected chi connectivity index (χ1v) is 10.9. The minimum atomic E-state index is -6.23. The summed E-state index contributed by atoms with van der Waals surface area (Å²) in [6.07, 6.45) is -12.4. The van der Waals surface area contributed by atoms with Crippen LogP contribution in [0.1, 0.15) is 31.4 Å². The number of amides is 1. The number of alkyl halides is 6. The highest BCUT2D eigenvalue weighted by Gasteiger charge is 2.71. The third-order valence-corrected chi connectivity index (χ3v) is 6.72. The van der Waals surface area contributed by atoms with Crippen LogP contribution in [-0.4, -0.2) is 31.8 Å². The summed E-state index contributed by atoms with van der Waals surface area (Å²) in [5.74, 6) is -2.07. The van der Waals surface area contributed by atoms with Crippen LogP contribution in [0.2, 0.25) is 0 Å². The Labute approximate surface area is 188 Å². The lowest BCUT2D eigenvalue weighted by Gasteiger charge is -2.33. The number of rotatable bonds is 4. The largest absolute Gasteiger partial charge is 0.430 e. The van der Waals surface area contributed by atoms with Crippen molar-refractivity contribution in [1.29, 1.82) is 0 Å². The number of nitrogens with one attached hydrogen (secondary N) is 2. The van der Waals surface area contributed by atoms with Crippen LogP contribution in [0.4, 0.5) is 42.1 Å². The molecule has 0 saturated carbocycles. The summed E-state index contributed by atoms with van der Waals surface area (Å²) in [6.45, 7) is 3.38. The van der Waals surface area contributed by atoms with Crippen molar-refractivity contribution >= 4 is 27.3 Å². The number of carbonyl (C=O) groups excluding carboxylic acids is 1. The normalized spacial score (nSPS) is 16.6. The van der Waals surface area contributed by atoms with E-state index in [9.17, 15) is 49.1 Å². The lowest BCUT2D eigenvalue weighted by atomic mass is 9.78. The zero-order chi connectivity index (χ0) is 25.9. The molecule has 0 atom stereocenters. The Hall–Kier alpha value is -2.87. The minimum absolute atomic E-state index is 0.0499. The van der Waals surface area contributed by atoms with Gasteiger partial charge in [-0.1, -0.05) is 19.9 Å². The van der Waals surface area contributed by atoms with Gasteiger partial charge in [-0.05, 0) is 35.9 Å². The number of hydrogen-bond acceptors (Lipinski definition) is 4. The molecule has 3 rings (SSSR count). The SMILES string of the molecule is CC1(C)CC(=O)Nc2ccc(S(=O)(=O)Nc3ccc(C(O)(C(F)(F)F)C(F)(F)F)cc3F)cc21. The first-order chi connectivity index (χ1) is 15.3. The van der Waals surface area contributed by atoms with Crippen molar-refractivity contribution < 1.29 is 49.1 Å². The molecule has 0 bridgehead atoms. The van der Waals surface area contributed by atoms with E-state index in [0.29, 0.717) is 17.3 Å². The van der Waals surface area contributed by atoms with Gasteiger partial charge in [-0.3, -0.25) is 9.52 Å². The van der Waals surface area contributed by atoms with E-state index in [0.717, 1.165) is 6.07 Å². The molecule has 0 unspecified atom stereocenters. The molecule has 0 radical (unpaired) electrons. The molecule has 1 amide bonds. The molecule has 34 heavy (non-hydrogen) atoms. The molecule has 1 aliphatic heterocycles. The Morgan fingerprint density at radius 1 is 1.00 bits per heavy atom. The molecule has 2 aromatic carbocycles. The van der Waals surface area contributed by atoms with Gasteiger partial charge >= 0.3 is 12.4 Å². The Morgan fingerprint density at radius 2 is 1.59 bits per heavy atom. The number of carbonyl (C=O) groups is 1. The Morgan fingerprint density at radius 3 is 2.12 bits per heavy atom. The molecular formula is C20H17F7N2O4S. The fourth-order valence-electron chi connectivity index (χ4n) is 3.57. The summed E-state index contributed by atoms with van der Waals surface area (Å²) < 4.78 is 120. The zero-order valence-electron chi connectivity index (χ0n) is 17.4. The van der Waals surface area contributed by atoms with Gasteiger partial charge < -0.3 is 10.4 Å². The number of hydrogen-bond donors (Lipinski definition) is 3. The first-order valence-electron chi connectivity index (χ1n) is 9.43. The van der Waals surface area contributed by atoms with Crippen LogP contribution >= 0.6 is 0 Å². The second kappa shape index (κ2) is 7.83. The van der Waals surface area contributed by atoms with Gasteiger partial charge in [0.15, 0.2) is 0 Å². The summed E-state index contributed by atoms with van der Waals surface area (Å²) in [6, 6.07) is 3.82. The highest BCUT2D eigenvalue weighted by molar-refractivity contribution is 7.92. The maximum Gasteiger partial charge on any atom is 0.430 e. The second-order valence-electron chi connectivity index (χ2n) is 8.32. The monoisotopic (exact) mass is 514 g/mol. The highest BCUT2D eigenvalue weighted by Crippen LogP contribution is 2.50. The Bertz CT molecular complexity index is 1240. The fourth-order valence-corrected chi connectivity index (χ4v) is 4.66. The molecule has 1 heterocycles. The standard InChI is InChI=1S/C20H17F7N2O4S/c1-17(2)9-16(30)28-14-6-4-11(8-12(14)17)34(32,33)29-15-5-3-10(7-13(15)21)18(31,19(22,23)24)20(25,26)27/h3-8,29,31H,9H2,1-2H3,(H,28,30). The van der Waals surface area contributed by atoms with Crippen molar-refractivity contribution in [3.05, 3.63) is 53.3 Å². The zero-order valence-corrected chi connectivity index (χ0v) is 18.2. The molecule has 1 aliphatic rings. The van der Waals surface area contributed by atoms with Gasteiger partial charge in [0.25, 0.3) is 15.6 Å². The molecule has 0 saturated heterocycles. The molecule has 14 heteroatoms. The fraction of sp³-hybridized carbons (Fsp3) is 0.350. The summed E-state index contributed by atoms with van der Waals surface area (Å²) in [5.41, 5.74) is -8.14. The smallest absolute Gasteiger partial charge is 0.369 e. The Balaban J connectivity index is 1.99. The van der Waals surface area contributed by atoms with Crippen molar-refractivity contribution in [2.75, 3.05) is 10.0 Å². The molecule has 3 N–H and O–H groups in total. The molecule has 186 valence electrons. The molecule has 0 fully saturated rings. The van der Waals surface area contributed by atoms with Gasteiger partial charge in [-0.2, -0.15) is 26.3 Å². The third kappa shape index (κ3) is 4.31.